The van der Waals surface area contributed by atoms with Crippen LogP contribution in [0, 0.1) is 0 Å². The van der Waals surface area contributed by atoms with Gasteiger partial charge in [-0.15, -0.1) is 0 Å². The molecular weight excluding hydrogens is 602 g/mol. The molecule has 1 aliphatic rings. The predicted molar refractivity (Wildman–Crippen MR) is 175 cm³/mol. The average Bonchev–Trinajstić information content (AvgIpc) is 3.62. The Bertz CT molecular complexity index is 1770. The first-order valence-corrected chi connectivity index (χ1v) is 17.0. The number of hydrogen-bond acceptors (Lipinski definition) is 9. The van der Waals surface area contributed by atoms with Crippen molar-refractivity contribution in [1.82, 2.24) is 19.5 Å². The minimum Gasteiger partial charge on any atom is -0.403 e. The van der Waals surface area contributed by atoms with E-state index in [0.717, 1.165) is 15.9 Å². The van der Waals surface area contributed by atoms with Gasteiger partial charge in [0.2, 0.25) is 0 Å². The maximum absolute atomic E-state index is 13.8. The number of carbonyl (C=O) groups is 1. The molecule has 0 bridgehead atoms. The van der Waals surface area contributed by atoms with Gasteiger partial charge in [-0.3, -0.25) is 9.36 Å². The van der Waals surface area contributed by atoms with Crippen LogP contribution in [-0.2, 0) is 15.8 Å². The van der Waals surface area contributed by atoms with Crippen LogP contribution in [0.5, 0.6) is 0 Å². The van der Waals surface area contributed by atoms with Crippen LogP contribution in [-0.4, -0.2) is 74.0 Å². The van der Waals surface area contributed by atoms with E-state index < -0.39 is 45.4 Å². The monoisotopic (exact) mass is 639 g/mol. The number of aromatic nitrogens is 4. The van der Waals surface area contributed by atoms with Gasteiger partial charge in [0, 0.05) is 5.56 Å². The van der Waals surface area contributed by atoms with Gasteiger partial charge in [0.1, 0.15) is 24.6 Å². The van der Waals surface area contributed by atoms with Gasteiger partial charge in [0.05, 0.1) is 19.5 Å². The summed E-state index contributed by atoms with van der Waals surface area (Å²) >= 11 is 0. The van der Waals surface area contributed by atoms with Gasteiger partial charge in [-0.1, -0.05) is 99.6 Å². The molecule has 238 valence electrons. The largest absolute Gasteiger partial charge is 0.403 e. The number of nitrogens with one attached hydrogen (secondary N) is 1. The number of fused-ring (bicyclic) bond motifs is 1. The van der Waals surface area contributed by atoms with Gasteiger partial charge in [-0.05, 0) is 27.0 Å². The smallest absolute Gasteiger partial charge is 0.261 e. The Kier molecular flexibility index (Phi) is 8.83. The highest BCUT2D eigenvalue weighted by Crippen LogP contribution is 2.38. The highest BCUT2D eigenvalue weighted by Gasteiger charge is 2.50. The molecule has 4 atom stereocenters. The minimum absolute atomic E-state index is 0.170. The quantitative estimate of drug-likeness (QED) is 0.179. The molecule has 3 aromatic carbocycles. The van der Waals surface area contributed by atoms with E-state index in [1.165, 1.54) is 17.2 Å². The summed E-state index contributed by atoms with van der Waals surface area (Å²) in [6, 6.07) is 28.0. The van der Waals surface area contributed by atoms with Gasteiger partial charge in [0.25, 0.3) is 14.2 Å². The summed E-state index contributed by atoms with van der Waals surface area (Å²) in [7, 11) is -2.86. The fraction of sp³-hybridized carbons (Fsp3) is 0.294. The number of amides is 1. The van der Waals surface area contributed by atoms with E-state index in [1.54, 1.807) is 12.1 Å². The lowest BCUT2D eigenvalue weighted by molar-refractivity contribution is -0.0511. The second-order valence-corrected chi connectivity index (χ2v) is 16.6. The molecule has 1 saturated heterocycles. The Balaban J connectivity index is 1.30. The van der Waals surface area contributed by atoms with E-state index in [2.05, 4.69) is 65.3 Å². The number of benzene rings is 3. The van der Waals surface area contributed by atoms with Crippen LogP contribution in [0.4, 0.5) is 5.82 Å². The molecule has 5 aromatic rings. The molecule has 1 aliphatic heterocycles. The maximum Gasteiger partial charge on any atom is 0.261 e. The van der Waals surface area contributed by atoms with E-state index in [-0.39, 0.29) is 28.6 Å². The lowest BCUT2D eigenvalue weighted by Crippen LogP contribution is -2.66. The van der Waals surface area contributed by atoms with E-state index in [9.17, 15) is 20.1 Å². The molecule has 2 aromatic heterocycles. The number of imidazole rings is 1. The summed E-state index contributed by atoms with van der Waals surface area (Å²) in [5.41, 5.74) is 1.70. The number of carbonyl (C=O) groups excluding carboxylic acids is 1. The molecule has 11 nitrogen and oxygen atoms in total. The standard InChI is InChI=1S/C34H37N5O6Si/c1-34(2,3)46(23-13-6-4-7-14-23,24-15-8-5-9-16-24)44-19-22-12-10-11-17-25(22)32(43)38-30-27-31(36-20-35-30)39(21-37-27)33-29(42)28(41)26(18-40)45-33/h4-17,20-21,26,28-29,33,40-42H,18-19H2,1-3H3,(H,35,36,38,43)/t26-,28-,29-,33-/m1/s1. The van der Waals surface area contributed by atoms with Crippen molar-refractivity contribution in [2.75, 3.05) is 11.9 Å². The number of aliphatic hydroxyl groups is 3. The molecule has 0 saturated carbocycles. The van der Waals surface area contributed by atoms with Gasteiger partial charge in [-0.25, -0.2) is 15.0 Å². The van der Waals surface area contributed by atoms with Crippen LogP contribution in [0.3, 0.4) is 0 Å². The van der Waals surface area contributed by atoms with Crippen LogP contribution in [0.25, 0.3) is 11.2 Å². The summed E-state index contributed by atoms with van der Waals surface area (Å²) in [5, 5.41) is 35.2. The molecule has 1 fully saturated rings. The highest BCUT2D eigenvalue weighted by atomic mass is 28.4. The third-order valence-corrected chi connectivity index (χ3v) is 13.5. The van der Waals surface area contributed by atoms with Gasteiger partial charge in [-0.2, -0.15) is 0 Å². The van der Waals surface area contributed by atoms with Crippen molar-refractivity contribution in [2.24, 2.45) is 0 Å². The normalized spacial score (nSPS) is 20.2. The van der Waals surface area contributed by atoms with Crippen molar-refractivity contribution in [1.29, 1.82) is 0 Å². The summed E-state index contributed by atoms with van der Waals surface area (Å²) in [6.45, 7) is 6.36. The van der Waals surface area contributed by atoms with Crippen LogP contribution >= 0.6 is 0 Å². The molecule has 6 rings (SSSR count). The Labute approximate surface area is 267 Å². The molecular formula is C34H37N5O6Si. The van der Waals surface area contributed by atoms with E-state index in [1.807, 2.05) is 48.5 Å². The SMILES string of the molecule is CC(C)(C)[Si](OCc1ccccc1C(=O)Nc1ncnc2c1ncn2[C@@H]1O[C@H](CO)[C@@H](O)[C@H]1O)(c1ccccc1)c1ccccc1. The maximum atomic E-state index is 13.8. The summed E-state index contributed by atoms with van der Waals surface area (Å²) in [6.07, 6.45) is -1.92. The second kappa shape index (κ2) is 12.8. The van der Waals surface area contributed by atoms with Crippen LogP contribution in [0.15, 0.2) is 97.6 Å². The number of anilines is 1. The lowest BCUT2D eigenvalue weighted by Gasteiger charge is -2.43. The summed E-state index contributed by atoms with van der Waals surface area (Å²) in [5.74, 6) is -0.229. The lowest BCUT2D eigenvalue weighted by atomic mass is 10.1. The molecule has 46 heavy (non-hydrogen) atoms. The van der Waals surface area contributed by atoms with Crippen molar-refractivity contribution in [2.45, 2.75) is 57.0 Å². The molecule has 4 N–H and O–H groups in total. The van der Waals surface area contributed by atoms with Crippen molar-refractivity contribution in [3.63, 3.8) is 0 Å². The van der Waals surface area contributed by atoms with Crippen LogP contribution in [0.2, 0.25) is 5.04 Å². The Hall–Kier alpha value is -4.30. The summed E-state index contributed by atoms with van der Waals surface area (Å²) in [4.78, 5) is 26.7. The molecule has 0 radical (unpaired) electrons. The number of hydrogen-bond donors (Lipinski definition) is 4. The van der Waals surface area contributed by atoms with E-state index in [0.29, 0.717) is 5.56 Å². The van der Waals surface area contributed by atoms with Crippen LogP contribution < -0.4 is 15.7 Å². The Morgan fingerprint density at radius 1 is 0.913 bits per heavy atom. The molecule has 0 aliphatic carbocycles. The second-order valence-electron chi connectivity index (χ2n) is 12.3. The fourth-order valence-corrected chi connectivity index (χ4v) is 10.8. The first kappa shape index (κ1) is 31.7. The minimum atomic E-state index is -2.86. The number of aliphatic hydroxyl groups excluding tert-OH is 3. The third kappa shape index (κ3) is 5.64. The van der Waals surface area contributed by atoms with E-state index in [4.69, 9.17) is 9.16 Å². The summed E-state index contributed by atoms with van der Waals surface area (Å²) < 4.78 is 14.2. The molecule has 1 amide bonds. The number of ether oxygens (including phenoxy) is 1. The fourth-order valence-electron chi connectivity index (χ4n) is 6.23. The van der Waals surface area contributed by atoms with Crippen molar-refractivity contribution in [3.8, 4) is 0 Å². The number of nitrogens with zero attached hydrogens (tertiary/aromatic N) is 4. The van der Waals surface area contributed by atoms with Gasteiger partial charge in [0.15, 0.2) is 23.2 Å². The average molecular weight is 640 g/mol. The predicted octanol–water partition coefficient (Wildman–Crippen LogP) is 2.77. The topological polar surface area (TPSA) is 152 Å². The highest BCUT2D eigenvalue weighted by molar-refractivity contribution is 6.99. The number of rotatable bonds is 9. The first-order valence-electron chi connectivity index (χ1n) is 15.1. The molecule has 0 unspecified atom stereocenters. The molecule has 12 heteroatoms. The van der Waals surface area contributed by atoms with Crippen molar-refractivity contribution >= 4 is 41.6 Å². The van der Waals surface area contributed by atoms with E-state index >= 15 is 0 Å². The van der Waals surface area contributed by atoms with Gasteiger partial charge < -0.3 is 29.8 Å². The third-order valence-electron chi connectivity index (χ3n) is 8.50. The van der Waals surface area contributed by atoms with Gasteiger partial charge >= 0.3 is 0 Å². The van der Waals surface area contributed by atoms with Crippen LogP contribution in [0.1, 0.15) is 42.9 Å². The molecule has 0 spiro atoms. The zero-order chi connectivity index (χ0) is 32.5. The zero-order valence-corrected chi connectivity index (χ0v) is 26.8. The Morgan fingerprint density at radius 2 is 1.54 bits per heavy atom. The van der Waals surface area contributed by atoms with Crippen molar-refractivity contribution in [3.05, 3.63) is 109 Å². The zero-order valence-electron chi connectivity index (χ0n) is 25.8. The Morgan fingerprint density at radius 3 is 2.15 bits per heavy atom. The molecule has 3 heterocycles. The van der Waals surface area contributed by atoms with Crippen molar-refractivity contribution < 1.29 is 29.3 Å². The first-order chi connectivity index (χ1) is 22.2.